The highest BCUT2D eigenvalue weighted by atomic mass is 16.4. The maximum Gasteiger partial charge on any atom is 0.341 e. The molecule has 0 saturated heterocycles. The first-order valence-corrected chi connectivity index (χ1v) is 4.38. The van der Waals surface area contributed by atoms with Crippen molar-refractivity contribution in [3.05, 3.63) is 17.6 Å². The van der Waals surface area contributed by atoms with Crippen LogP contribution in [0, 0.1) is 0 Å². The van der Waals surface area contributed by atoms with Crippen LogP contribution in [0.1, 0.15) is 29.5 Å². The minimum Gasteiger partial charge on any atom is -0.477 e. The number of aromatic amines is 1. The minimum absolute atomic E-state index is 0.128. The van der Waals surface area contributed by atoms with Crippen molar-refractivity contribution in [3.63, 3.8) is 0 Å². The molecule has 2 rings (SSSR count). The molecule has 0 aliphatic rings. The molecule has 2 aromatic heterocycles. The number of nitrogens with zero attached hydrogens (tertiary/aromatic N) is 3. The number of carbonyl (C=O) groups is 1. The maximum atomic E-state index is 10.7. The van der Waals surface area contributed by atoms with Gasteiger partial charge in [-0.15, -0.1) is 0 Å². The van der Waals surface area contributed by atoms with Gasteiger partial charge in [0.15, 0.2) is 5.65 Å². The molecule has 6 nitrogen and oxygen atoms in total. The number of nitrogens with one attached hydrogen (secondary N) is 1. The third kappa shape index (κ3) is 1.24. The van der Waals surface area contributed by atoms with Crippen LogP contribution < -0.4 is 0 Å². The second-order valence-electron chi connectivity index (χ2n) is 3.02. The van der Waals surface area contributed by atoms with Gasteiger partial charge < -0.3 is 5.11 Å². The summed E-state index contributed by atoms with van der Waals surface area (Å²) in [5.74, 6) is -0.243. The molecule has 0 unspecified atom stereocenters. The number of hydrogen-bond donors (Lipinski definition) is 2. The standard InChI is InChI=1S/C8H10N4O2/c1-2-3-6-10-7-5(8(13)14)4-9-12(7)11-6/h4H,2-3H2,1H3,(H,10,11)(H,13,14). The molecule has 0 aliphatic carbocycles. The van der Waals surface area contributed by atoms with Crippen LogP contribution >= 0.6 is 0 Å². The molecule has 0 aliphatic heterocycles. The molecule has 14 heavy (non-hydrogen) atoms. The van der Waals surface area contributed by atoms with Gasteiger partial charge in [0.25, 0.3) is 0 Å². The summed E-state index contributed by atoms with van der Waals surface area (Å²) in [5, 5.41) is 15.6. The van der Waals surface area contributed by atoms with E-state index < -0.39 is 5.97 Å². The zero-order valence-corrected chi connectivity index (χ0v) is 7.69. The Labute approximate surface area is 79.6 Å². The Kier molecular flexibility index (Phi) is 1.95. The molecule has 6 heteroatoms. The van der Waals surface area contributed by atoms with E-state index in [1.54, 1.807) is 0 Å². The van der Waals surface area contributed by atoms with E-state index in [1.165, 1.54) is 10.8 Å². The summed E-state index contributed by atoms with van der Waals surface area (Å²) in [6.45, 7) is 2.03. The van der Waals surface area contributed by atoms with Crippen LogP contribution in [0.3, 0.4) is 0 Å². The van der Waals surface area contributed by atoms with E-state index in [4.69, 9.17) is 5.11 Å². The molecule has 0 radical (unpaired) electrons. The van der Waals surface area contributed by atoms with Crippen LogP contribution in [-0.2, 0) is 6.42 Å². The number of carboxylic acid groups (broad SMARTS) is 1. The van der Waals surface area contributed by atoms with Gasteiger partial charge in [-0.1, -0.05) is 6.92 Å². The van der Waals surface area contributed by atoms with Crippen LogP contribution in [-0.4, -0.2) is 30.9 Å². The third-order valence-corrected chi connectivity index (χ3v) is 1.94. The van der Waals surface area contributed by atoms with E-state index in [0.717, 1.165) is 18.7 Å². The molecule has 0 spiro atoms. The lowest BCUT2D eigenvalue weighted by atomic mass is 10.3. The van der Waals surface area contributed by atoms with E-state index in [9.17, 15) is 4.79 Å². The lowest BCUT2D eigenvalue weighted by Crippen LogP contribution is -1.94. The van der Waals surface area contributed by atoms with Crippen LogP contribution in [0.15, 0.2) is 6.20 Å². The number of H-pyrrole nitrogens is 1. The smallest absolute Gasteiger partial charge is 0.341 e. The molecule has 0 atom stereocenters. The van der Waals surface area contributed by atoms with Gasteiger partial charge in [-0.3, -0.25) is 5.10 Å². The molecule has 2 heterocycles. The number of aryl methyl sites for hydroxylation is 1. The van der Waals surface area contributed by atoms with Crippen LogP contribution in [0.4, 0.5) is 0 Å². The lowest BCUT2D eigenvalue weighted by Gasteiger charge is -1.87. The number of hydrogen-bond acceptors (Lipinski definition) is 3. The van der Waals surface area contributed by atoms with Crippen molar-refractivity contribution in [2.75, 3.05) is 0 Å². The average Bonchev–Trinajstić information content (AvgIpc) is 2.62. The van der Waals surface area contributed by atoms with Gasteiger partial charge in [-0.25, -0.2) is 9.78 Å². The summed E-state index contributed by atoms with van der Waals surface area (Å²) >= 11 is 0. The fraction of sp³-hybridized carbons (Fsp3) is 0.375. The molecule has 0 fully saturated rings. The third-order valence-electron chi connectivity index (χ3n) is 1.94. The Bertz CT molecular complexity index is 471. The van der Waals surface area contributed by atoms with Gasteiger partial charge in [-0.05, 0) is 6.42 Å². The molecular formula is C8H10N4O2. The molecular weight excluding hydrogens is 184 g/mol. The fourth-order valence-electron chi connectivity index (χ4n) is 1.31. The predicted octanol–water partition coefficient (Wildman–Crippen LogP) is 0.708. The highest BCUT2D eigenvalue weighted by molar-refractivity contribution is 5.93. The van der Waals surface area contributed by atoms with Crippen molar-refractivity contribution >= 4 is 11.6 Å². The van der Waals surface area contributed by atoms with Gasteiger partial charge in [0.1, 0.15) is 11.4 Å². The van der Waals surface area contributed by atoms with E-state index in [-0.39, 0.29) is 5.56 Å². The highest BCUT2D eigenvalue weighted by Crippen LogP contribution is 2.08. The second-order valence-corrected chi connectivity index (χ2v) is 3.02. The van der Waals surface area contributed by atoms with Crippen molar-refractivity contribution in [3.8, 4) is 0 Å². The largest absolute Gasteiger partial charge is 0.477 e. The Morgan fingerprint density at radius 2 is 2.50 bits per heavy atom. The SMILES string of the molecule is CCCc1nc2c(C(=O)O)cnn2[nH]1. The Hall–Kier alpha value is -1.85. The number of carboxylic acids is 1. The number of fused-ring (bicyclic) bond motifs is 1. The Morgan fingerprint density at radius 1 is 1.71 bits per heavy atom. The van der Waals surface area contributed by atoms with Gasteiger partial charge in [0.05, 0.1) is 6.20 Å². The Balaban J connectivity index is 2.50. The maximum absolute atomic E-state index is 10.7. The number of rotatable bonds is 3. The van der Waals surface area contributed by atoms with Crippen molar-refractivity contribution in [1.29, 1.82) is 0 Å². The van der Waals surface area contributed by atoms with E-state index in [1.807, 2.05) is 6.92 Å². The summed E-state index contributed by atoms with van der Waals surface area (Å²) in [4.78, 5) is 14.9. The van der Waals surface area contributed by atoms with Crippen molar-refractivity contribution < 1.29 is 9.90 Å². The lowest BCUT2D eigenvalue weighted by molar-refractivity contribution is 0.0699. The normalized spacial score (nSPS) is 10.9. The Morgan fingerprint density at radius 3 is 3.14 bits per heavy atom. The molecule has 0 bridgehead atoms. The minimum atomic E-state index is -1.01. The number of aromatic carboxylic acids is 1. The van der Waals surface area contributed by atoms with Gasteiger partial charge in [-0.2, -0.15) is 9.73 Å². The monoisotopic (exact) mass is 194 g/mol. The highest BCUT2D eigenvalue weighted by Gasteiger charge is 2.14. The van der Waals surface area contributed by atoms with Crippen LogP contribution in [0.5, 0.6) is 0 Å². The fourth-order valence-corrected chi connectivity index (χ4v) is 1.31. The first kappa shape index (κ1) is 8.74. The van der Waals surface area contributed by atoms with Crippen LogP contribution in [0.2, 0.25) is 0 Å². The summed E-state index contributed by atoms with van der Waals surface area (Å²) in [6.07, 6.45) is 3.04. The first-order valence-electron chi connectivity index (χ1n) is 4.38. The predicted molar refractivity (Wildman–Crippen MR) is 48.3 cm³/mol. The zero-order valence-electron chi connectivity index (χ0n) is 7.69. The van der Waals surface area contributed by atoms with E-state index in [0.29, 0.717) is 5.65 Å². The first-order chi connectivity index (χ1) is 6.72. The van der Waals surface area contributed by atoms with Crippen molar-refractivity contribution in [2.45, 2.75) is 19.8 Å². The van der Waals surface area contributed by atoms with Crippen molar-refractivity contribution in [1.82, 2.24) is 19.8 Å². The summed E-state index contributed by atoms with van der Waals surface area (Å²) in [6, 6.07) is 0. The molecule has 0 aromatic carbocycles. The quantitative estimate of drug-likeness (QED) is 0.753. The summed E-state index contributed by atoms with van der Waals surface area (Å²) in [5.41, 5.74) is 0.504. The number of aromatic nitrogens is 4. The molecule has 2 N–H and O–H groups in total. The van der Waals surface area contributed by atoms with Crippen LogP contribution in [0.25, 0.3) is 5.65 Å². The zero-order chi connectivity index (χ0) is 10.1. The van der Waals surface area contributed by atoms with Gasteiger partial charge >= 0.3 is 5.97 Å². The van der Waals surface area contributed by atoms with E-state index in [2.05, 4.69) is 15.2 Å². The second kappa shape index (κ2) is 3.13. The van der Waals surface area contributed by atoms with E-state index >= 15 is 0 Å². The molecule has 2 aromatic rings. The topological polar surface area (TPSA) is 83.3 Å². The molecule has 0 saturated carbocycles. The van der Waals surface area contributed by atoms with Gasteiger partial charge in [0.2, 0.25) is 0 Å². The summed E-state index contributed by atoms with van der Waals surface area (Å²) < 4.78 is 1.38. The van der Waals surface area contributed by atoms with Gasteiger partial charge in [0, 0.05) is 6.42 Å². The molecule has 74 valence electrons. The molecule has 0 amide bonds. The summed E-state index contributed by atoms with van der Waals surface area (Å²) in [7, 11) is 0. The average molecular weight is 194 g/mol. The van der Waals surface area contributed by atoms with Crippen molar-refractivity contribution in [2.24, 2.45) is 0 Å².